The number of methoxy groups -OCH3 is 1. The zero-order valence-corrected chi connectivity index (χ0v) is 9.51. The Morgan fingerprint density at radius 1 is 1.38 bits per heavy atom. The van der Waals surface area contributed by atoms with Crippen LogP contribution in [0, 0.1) is 0 Å². The van der Waals surface area contributed by atoms with E-state index in [-0.39, 0.29) is 0 Å². The maximum absolute atomic E-state index is 11.1. The number of hydrogen-bond acceptors (Lipinski definition) is 5. The summed E-state index contributed by atoms with van der Waals surface area (Å²) in [5.74, 6) is 0. The van der Waals surface area contributed by atoms with Gasteiger partial charge in [0.25, 0.3) is 0 Å². The van der Waals surface area contributed by atoms with Gasteiger partial charge in [0.05, 0.1) is 6.10 Å². The molecule has 1 fully saturated rings. The molecule has 0 unspecified atom stereocenters. The Morgan fingerprint density at radius 2 is 2.00 bits per heavy atom. The van der Waals surface area contributed by atoms with Crippen molar-refractivity contribution in [2.75, 3.05) is 14.2 Å². The molecule has 94 valence electrons. The van der Waals surface area contributed by atoms with Crippen LogP contribution in [0.1, 0.15) is 6.92 Å². The minimum Gasteiger partial charge on any atom is -0.388 e. The van der Waals surface area contributed by atoms with Crippen LogP contribution in [0.15, 0.2) is 0 Å². The highest BCUT2D eigenvalue weighted by molar-refractivity contribution is 5.73. The van der Waals surface area contributed by atoms with E-state index in [1.54, 1.807) is 6.92 Å². The lowest BCUT2D eigenvalue weighted by Crippen LogP contribution is -2.64. The van der Waals surface area contributed by atoms with E-state index in [0.29, 0.717) is 0 Å². The molecule has 5 atom stereocenters. The van der Waals surface area contributed by atoms with E-state index >= 15 is 0 Å². The van der Waals surface area contributed by atoms with Crippen LogP contribution < -0.4 is 10.6 Å². The predicted octanol–water partition coefficient (Wildman–Crippen LogP) is -1.60. The van der Waals surface area contributed by atoms with E-state index in [1.165, 1.54) is 14.2 Å². The monoisotopic (exact) mass is 234 g/mol. The van der Waals surface area contributed by atoms with Crippen molar-refractivity contribution in [2.45, 2.75) is 37.6 Å². The smallest absolute Gasteiger partial charge is 0.315 e. The zero-order valence-electron chi connectivity index (χ0n) is 9.51. The maximum Gasteiger partial charge on any atom is 0.315 e. The Kier molecular flexibility index (Phi) is 4.48. The van der Waals surface area contributed by atoms with Gasteiger partial charge in [-0.25, -0.2) is 4.79 Å². The van der Waals surface area contributed by atoms with Gasteiger partial charge in [-0.1, -0.05) is 0 Å². The van der Waals surface area contributed by atoms with Crippen molar-refractivity contribution in [3.8, 4) is 0 Å². The molecule has 1 saturated heterocycles. The number of rotatable bonds is 2. The molecule has 0 aromatic carbocycles. The third kappa shape index (κ3) is 2.62. The highest BCUT2D eigenvalue weighted by Crippen LogP contribution is 2.21. The molecule has 7 heteroatoms. The summed E-state index contributed by atoms with van der Waals surface area (Å²) in [5, 5.41) is 24.2. The van der Waals surface area contributed by atoms with Crippen LogP contribution in [-0.2, 0) is 9.47 Å². The lowest BCUT2D eigenvalue weighted by atomic mass is 9.98. The number of nitrogens with one attached hydrogen (secondary N) is 2. The molecule has 1 rings (SSSR count). The first-order chi connectivity index (χ1) is 7.51. The van der Waals surface area contributed by atoms with Crippen molar-refractivity contribution >= 4 is 6.03 Å². The van der Waals surface area contributed by atoms with Crippen LogP contribution in [0.3, 0.4) is 0 Å². The quantitative estimate of drug-likeness (QED) is 0.461. The molecule has 0 spiro atoms. The van der Waals surface area contributed by atoms with Crippen LogP contribution in [0.5, 0.6) is 0 Å². The van der Waals surface area contributed by atoms with E-state index in [4.69, 9.17) is 9.47 Å². The van der Waals surface area contributed by atoms with E-state index in [9.17, 15) is 15.0 Å². The topological polar surface area (TPSA) is 100 Å². The summed E-state index contributed by atoms with van der Waals surface area (Å²) in [5.41, 5.74) is 0. The van der Waals surface area contributed by atoms with Crippen molar-refractivity contribution in [3.05, 3.63) is 0 Å². The standard InChI is InChI=1S/C9H18N2O5/c1-4-6(12)7(13)5(8(15-3)16-4)11-9(14)10-2/h4-8,12-13H,1-3H3,(H2,10,11,14)/t4-,5-,6-,7-,8-/m1/s1. The van der Waals surface area contributed by atoms with Gasteiger partial charge >= 0.3 is 6.03 Å². The minimum atomic E-state index is -1.13. The van der Waals surface area contributed by atoms with Gasteiger partial charge in [0.15, 0.2) is 6.29 Å². The molecule has 4 N–H and O–H groups in total. The average molecular weight is 234 g/mol. The Hall–Kier alpha value is -0.890. The lowest BCUT2D eigenvalue weighted by molar-refractivity contribution is -0.250. The molecule has 0 aliphatic carbocycles. The molecule has 1 heterocycles. The first-order valence-corrected chi connectivity index (χ1v) is 5.04. The maximum atomic E-state index is 11.1. The lowest BCUT2D eigenvalue weighted by Gasteiger charge is -2.41. The predicted molar refractivity (Wildman–Crippen MR) is 54.7 cm³/mol. The zero-order chi connectivity index (χ0) is 12.3. The minimum absolute atomic E-state index is 0.476. The van der Waals surface area contributed by atoms with Gasteiger partial charge in [0.2, 0.25) is 0 Å². The molecule has 0 saturated carbocycles. The Labute approximate surface area is 93.7 Å². The summed E-state index contributed by atoms with van der Waals surface area (Å²) in [6, 6.07) is -1.28. The molecule has 0 bridgehead atoms. The van der Waals surface area contributed by atoms with E-state index < -0.39 is 36.7 Å². The van der Waals surface area contributed by atoms with E-state index in [0.717, 1.165) is 0 Å². The van der Waals surface area contributed by atoms with Crippen molar-refractivity contribution in [3.63, 3.8) is 0 Å². The van der Waals surface area contributed by atoms with Crippen molar-refractivity contribution in [1.29, 1.82) is 0 Å². The second kappa shape index (κ2) is 5.44. The molecule has 2 amide bonds. The molecule has 1 aliphatic rings. The summed E-state index contributed by atoms with van der Waals surface area (Å²) < 4.78 is 10.3. The fraction of sp³-hybridized carbons (Fsp3) is 0.889. The first-order valence-electron chi connectivity index (χ1n) is 5.04. The number of carbonyl (C=O) groups excluding carboxylic acids is 1. The van der Waals surface area contributed by atoms with Crippen molar-refractivity contribution in [1.82, 2.24) is 10.6 Å². The van der Waals surface area contributed by atoms with Crippen LogP contribution in [0.4, 0.5) is 4.79 Å². The summed E-state index contributed by atoms with van der Waals surface area (Å²) in [6.07, 6.45) is -3.53. The number of carbonyl (C=O) groups is 1. The Morgan fingerprint density at radius 3 is 2.50 bits per heavy atom. The van der Waals surface area contributed by atoms with Crippen molar-refractivity contribution < 1.29 is 24.5 Å². The molecule has 7 nitrogen and oxygen atoms in total. The Balaban J connectivity index is 2.73. The van der Waals surface area contributed by atoms with Crippen LogP contribution in [0.25, 0.3) is 0 Å². The number of ether oxygens (including phenoxy) is 2. The van der Waals surface area contributed by atoms with E-state index in [1.807, 2.05) is 0 Å². The molecule has 1 aliphatic heterocycles. The number of amides is 2. The van der Waals surface area contributed by atoms with Crippen molar-refractivity contribution in [2.24, 2.45) is 0 Å². The van der Waals surface area contributed by atoms with Gasteiger partial charge in [0, 0.05) is 14.2 Å². The van der Waals surface area contributed by atoms with Gasteiger partial charge in [0.1, 0.15) is 18.2 Å². The summed E-state index contributed by atoms with van der Waals surface area (Å²) in [6.45, 7) is 1.62. The number of urea groups is 1. The largest absolute Gasteiger partial charge is 0.388 e. The van der Waals surface area contributed by atoms with Gasteiger partial charge in [-0.2, -0.15) is 0 Å². The normalized spacial score (nSPS) is 39.2. The summed E-state index contributed by atoms with van der Waals surface area (Å²) in [4.78, 5) is 11.1. The van der Waals surface area contributed by atoms with Gasteiger partial charge in [-0.15, -0.1) is 0 Å². The molecular formula is C9H18N2O5. The van der Waals surface area contributed by atoms with Gasteiger partial charge in [-0.3, -0.25) is 0 Å². The van der Waals surface area contributed by atoms with Gasteiger partial charge in [-0.05, 0) is 6.92 Å². The third-order valence-electron chi connectivity index (χ3n) is 2.60. The molecular weight excluding hydrogens is 216 g/mol. The fourth-order valence-corrected chi connectivity index (χ4v) is 1.61. The number of aliphatic hydroxyl groups is 2. The summed E-state index contributed by atoms with van der Waals surface area (Å²) in [7, 11) is 2.85. The fourth-order valence-electron chi connectivity index (χ4n) is 1.61. The average Bonchev–Trinajstić information content (AvgIpc) is 2.29. The molecule has 0 aromatic rings. The third-order valence-corrected chi connectivity index (χ3v) is 2.60. The van der Waals surface area contributed by atoms with Crippen LogP contribution in [0.2, 0.25) is 0 Å². The Bertz CT molecular complexity index is 248. The number of aliphatic hydroxyl groups excluding tert-OH is 2. The highest BCUT2D eigenvalue weighted by Gasteiger charge is 2.43. The van der Waals surface area contributed by atoms with Crippen LogP contribution >= 0.6 is 0 Å². The molecule has 0 radical (unpaired) electrons. The van der Waals surface area contributed by atoms with Crippen LogP contribution in [-0.4, -0.2) is 61.0 Å². The van der Waals surface area contributed by atoms with Gasteiger partial charge < -0.3 is 30.3 Å². The molecule has 16 heavy (non-hydrogen) atoms. The number of hydrogen-bond donors (Lipinski definition) is 4. The highest BCUT2D eigenvalue weighted by atomic mass is 16.7. The summed E-state index contributed by atoms with van der Waals surface area (Å²) >= 11 is 0. The molecule has 0 aromatic heterocycles. The first kappa shape index (κ1) is 13.2. The second-order valence-corrected chi connectivity index (χ2v) is 3.68. The van der Waals surface area contributed by atoms with E-state index in [2.05, 4.69) is 10.6 Å². The SMILES string of the molecule is CNC(=O)N[C@H]1[C@H](OC)O[C@H](C)[C@@H](O)[C@@H]1O. The second-order valence-electron chi connectivity index (χ2n) is 3.68.